The van der Waals surface area contributed by atoms with Crippen molar-refractivity contribution in [1.29, 1.82) is 0 Å². The number of halogens is 4. The van der Waals surface area contributed by atoms with Crippen molar-refractivity contribution >= 4 is 11.6 Å². The zero-order valence-corrected chi connectivity index (χ0v) is 17.1. The predicted octanol–water partition coefficient (Wildman–Crippen LogP) is 8.63. The number of alkyl halides is 3. The van der Waals surface area contributed by atoms with E-state index in [4.69, 9.17) is 11.6 Å². The largest absolute Gasteiger partial charge is 0.416 e. The highest BCUT2D eigenvalue weighted by atomic mass is 35.5. The lowest BCUT2D eigenvalue weighted by Crippen LogP contribution is -2.25. The molecule has 1 aromatic carbocycles. The van der Waals surface area contributed by atoms with Gasteiger partial charge in [0.1, 0.15) is 0 Å². The lowest BCUT2D eigenvalue weighted by molar-refractivity contribution is -0.137. The summed E-state index contributed by atoms with van der Waals surface area (Å²) in [5.41, 5.74) is 0.260. The predicted molar refractivity (Wildman–Crippen MR) is 106 cm³/mol. The van der Waals surface area contributed by atoms with E-state index in [1.54, 1.807) is 6.07 Å². The second-order valence-electron chi connectivity index (χ2n) is 8.77. The highest BCUT2D eigenvalue weighted by Gasteiger charge is 2.34. The van der Waals surface area contributed by atoms with E-state index in [-0.39, 0.29) is 5.02 Å². The van der Waals surface area contributed by atoms with Gasteiger partial charge in [-0.05, 0) is 79.9 Å². The Labute approximate surface area is 166 Å². The fraction of sp³-hybridized carbons (Fsp3) is 0.739. The van der Waals surface area contributed by atoms with E-state index < -0.39 is 11.7 Å². The van der Waals surface area contributed by atoms with Crippen LogP contribution in [0.4, 0.5) is 13.2 Å². The number of unbranched alkanes of at least 4 members (excludes halogenated alkanes) is 1. The highest BCUT2D eigenvalue weighted by molar-refractivity contribution is 6.31. The van der Waals surface area contributed by atoms with Crippen molar-refractivity contribution in [1.82, 2.24) is 0 Å². The maximum Gasteiger partial charge on any atom is 0.416 e. The molecule has 0 unspecified atom stereocenters. The van der Waals surface area contributed by atoms with E-state index in [1.807, 2.05) is 0 Å². The minimum Gasteiger partial charge on any atom is -0.166 e. The van der Waals surface area contributed by atoms with Crippen LogP contribution in [0.2, 0.25) is 5.02 Å². The van der Waals surface area contributed by atoms with Crippen molar-refractivity contribution in [3.8, 4) is 0 Å². The molecule has 0 heterocycles. The Kier molecular flexibility index (Phi) is 7.16. The van der Waals surface area contributed by atoms with Gasteiger partial charge in [0.15, 0.2) is 0 Å². The summed E-state index contributed by atoms with van der Waals surface area (Å²) in [7, 11) is 0. The van der Waals surface area contributed by atoms with Gasteiger partial charge in [-0.1, -0.05) is 56.7 Å². The summed E-state index contributed by atoms with van der Waals surface area (Å²) in [6, 6.07) is 3.89. The third-order valence-electron chi connectivity index (χ3n) is 7.06. The summed E-state index contributed by atoms with van der Waals surface area (Å²) in [4.78, 5) is 0. The van der Waals surface area contributed by atoms with E-state index >= 15 is 0 Å². The number of benzene rings is 1. The first-order valence-corrected chi connectivity index (χ1v) is 11.1. The lowest BCUT2D eigenvalue weighted by Gasteiger charge is -2.38. The van der Waals surface area contributed by atoms with E-state index in [2.05, 4.69) is 6.92 Å². The maximum atomic E-state index is 12.8. The molecule has 152 valence electrons. The normalized spacial score (nSPS) is 29.7. The van der Waals surface area contributed by atoms with Crippen LogP contribution < -0.4 is 0 Å². The molecule has 1 aromatic rings. The zero-order chi connectivity index (χ0) is 19.4. The Morgan fingerprint density at radius 1 is 0.926 bits per heavy atom. The first kappa shape index (κ1) is 21.0. The van der Waals surface area contributed by atoms with Crippen molar-refractivity contribution in [3.05, 3.63) is 34.3 Å². The van der Waals surface area contributed by atoms with E-state index in [9.17, 15) is 13.2 Å². The van der Waals surface area contributed by atoms with Gasteiger partial charge in [-0.25, -0.2) is 0 Å². The second-order valence-corrected chi connectivity index (χ2v) is 9.18. The van der Waals surface area contributed by atoms with Gasteiger partial charge in [-0.3, -0.25) is 0 Å². The van der Waals surface area contributed by atoms with Gasteiger partial charge < -0.3 is 0 Å². The summed E-state index contributed by atoms with van der Waals surface area (Å²) in [6.07, 6.45) is 9.83. The molecule has 0 aromatic heterocycles. The van der Waals surface area contributed by atoms with E-state index in [0.717, 1.165) is 42.2 Å². The third-order valence-corrected chi connectivity index (χ3v) is 7.39. The Balaban J connectivity index is 1.51. The average molecular weight is 401 g/mol. The van der Waals surface area contributed by atoms with Crippen LogP contribution in [0.5, 0.6) is 0 Å². The average Bonchev–Trinajstić information content (AvgIpc) is 2.66. The van der Waals surface area contributed by atoms with Crippen molar-refractivity contribution in [2.45, 2.75) is 89.6 Å². The van der Waals surface area contributed by atoms with Crippen molar-refractivity contribution in [3.63, 3.8) is 0 Å². The van der Waals surface area contributed by atoms with Gasteiger partial charge in [-0.15, -0.1) is 0 Å². The first-order chi connectivity index (χ1) is 12.9. The monoisotopic (exact) mass is 400 g/mol. The van der Waals surface area contributed by atoms with Crippen LogP contribution in [0.25, 0.3) is 0 Å². The molecule has 0 spiro atoms. The maximum absolute atomic E-state index is 12.8. The fourth-order valence-electron chi connectivity index (χ4n) is 5.38. The zero-order valence-electron chi connectivity index (χ0n) is 16.3. The molecule has 2 saturated carbocycles. The standard InChI is InChI=1S/C23H32ClF3/c1-2-3-4-16-5-7-17(8-6-16)18-9-11-19(12-10-18)21-14-13-20(15-22(21)24)23(25,26)27/h13-19H,2-12H2,1H3. The molecule has 0 N–H and O–H groups in total. The van der Waals surface area contributed by atoms with E-state index in [0.29, 0.717) is 5.92 Å². The summed E-state index contributed by atoms with van der Waals surface area (Å²) >= 11 is 6.21. The first-order valence-electron chi connectivity index (χ1n) is 10.7. The van der Waals surface area contributed by atoms with Gasteiger partial charge in [0.2, 0.25) is 0 Å². The van der Waals surface area contributed by atoms with Crippen LogP contribution in [0.15, 0.2) is 18.2 Å². The summed E-state index contributed by atoms with van der Waals surface area (Å²) in [5.74, 6) is 2.94. The Morgan fingerprint density at radius 2 is 1.52 bits per heavy atom. The number of hydrogen-bond acceptors (Lipinski definition) is 0. The molecule has 0 aliphatic heterocycles. The molecule has 3 rings (SSSR count). The molecular formula is C23H32ClF3. The van der Waals surface area contributed by atoms with Crippen LogP contribution in [-0.4, -0.2) is 0 Å². The van der Waals surface area contributed by atoms with Crippen LogP contribution in [0.3, 0.4) is 0 Å². The van der Waals surface area contributed by atoms with Crippen molar-refractivity contribution < 1.29 is 13.2 Å². The summed E-state index contributed by atoms with van der Waals surface area (Å²) in [6.45, 7) is 2.27. The third kappa shape index (κ3) is 5.43. The smallest absolute Gasteiger partial charge is 0.166 e. The topological polar surface area (TPSA) is 0 Å². The van der Waals surface area contributed by atoms with Crippen LogP contribution in [-0.2, 0) is 6.18 Å². The SMILES string of the molecule is CCCCC1CCC(C2CCC(c3ccc(C(F)(F)F)cc3Cl)CC2)CC1. The fourth-order valence-corrected chi connectivity index (χ4v) is 5.71. The minimum absolute atomic E-state index is 0.282. The van der Waals surface area contributed by atoms with Crippen LogP contribution >= 0.6 is 11.6 Å². The quantitative estimate of drug-likeness (QED) is 0.463. The number of rotatable bonds is 5. The van der Waals surface area contributed by atoms with Gasteiger partial charge in [0.05, 0.1) is 5.56 Å². The van der Waals surface area contributed by atoms with Gasteiger partial charge in [0, 0.05) is 5.02 Å². The molecular weight excluding hydrogens is 369 g/mol. The molecule has 2 fully saturated rings. The molecule has 0 amide bonds. The van der Waals surface area contributed by atoms with Crippen molar-refractivity contribution in [2.24, 2.45) is 17.8 Å². The molecule has 4 heteroatoms. The highest BCUT2D eigenvalue weighted by Crippen LogP contribution is 2.46. The Bertz CT molecular complexity index is 594. The molecule has 0 saturated heterocycles. The minimum atomic E-state index is -4.32. The molecule has 0 nitrogen and oxygen atoms in total. The molecule has 0 bridgehead atoms. The van der Waals surface area contributed by atoms with Gasteiger partial charge in [0.25, 0.3) is 0 Å². The summed E-state index contributed by atoms with van der Waals surface area (Å²) < 4.78 is 38.5. The summed E-state index contributed by atoms with van der Waals surface area (Å²) in [5, 5.41) is 0.282. The number of hydrogen-bond donors (Lipinski definition) is 0. The van der Waals surface area contributed by atoms with Crippen LogP contribution in [0, 0.1) is 17.8 Å². The molecule has 0 radical (unpaired) electrons. The van der Waals surface area contributed by atoms with Gasteiger partial charge in [-0.2, -0.15) is 13.2 Å². The molecule has 2 aliphatic carbocycles. The van der Waals surface area contributed by atoms with Crippen molar-refractivity contribution in [2.75, 3.05) is 0 Å². The van der Waals surface area contributed by atoms with E-state index in [1.165, 1.54) is 63.9 Å². The molecule has 27 heavy (non-hydrogen) atoms. The lowest BCUT2D eigenvalue weighted by atomic mass is 9.68. The molecule has 0 atom stereocenters. The Hall–Kier alpha value is -0.700. The van der Waals surface area contributed by atoms with Gasteiger partial charge >= 0.3 is 6.18 Å². The van der Waals surface area contributed by atoms with Crippen LogP contribution in [0.1, 0.15) is 94.6 Å². The second kappa shape index (κ2) is 9.20. The Morgan fingerprint density at radius 3 is 2.04 bits per heavy atom. The molecule has 2 aliphatic rings.